The van der Waals surface area contributed by atoms with Crippen molar-refractivity contribution in [2.24, 2.45) is 13.0 Å². The minimum absolute atomic E-state index is 0.0647. The Bertz CT molecular complexity index is 1190. The molecule has 1 aromatic carbocycles. The van der Waals surface area contributed by atoms with Gasteiger partial charge in [-0.3, -0.25) is 9.59 Å². The molecule has 7 nitrogen and oxygen atoms in total. The molecule has 7 heteroatoms. The number of carboxylic acids is 1. The van der Waals surface area contributed by atoms with Crippen molar-refractivity contribution >= 4 is 28.5 Å². The normalized spacial score (nSPS) is 12.9. The highest BCUT2D eigenvalue weighted by Crippen LogP contribution is 2.30. The molecule has 34 heavy (non-hydrogen) atoms. The predicted octanol–water partition coefficient (Wildman–Crippen LogP) is 5.56. The number of aliphatic carboxylic acids is 1. The number of aryl methyl sites for hydroxylation is 1. The molecule has 2 atom stereocenters. The SMILES string of the molecule is [C-]#[N+]c1cnc2c(c1)c(C(=O)C[C@@H](C)CC(=O)O)c(CCCOC[C@@H](C)c1ccccc1)n2C. The van der Waals surface area contributed by atoms with E-state index in [1.165, 1.54) is 11.8 Å². The summed E-state index contributed by atoms with van der Waals surface area (Å²) in [5.74, 6) is -1.02. The third-order valence-corrected chi connectivity index (χ3v) is 6.04. The first-order valence-electron chi connectivity index (χ1n) is 11.5. The van der Waals surface area contributed by atoms with Crippen LogP contribution in [0.5, 0.6) is 0 Å². The second-order valence-electron chi connectivity index (χ2n) is 8.88. The highest BCUT2D eigenvalue weighted by molar-refractivity contribution is 6.09. The first-order valence-corrected chi connectivity index (χ1v) is 11.5. The smallest absolute Gasteiger partial charge is 0.303 e. The summed E-state index contributed by atoms with van der Waals surface area (Å²) in [5, 5.41) is 9.72. The fourth-order valence-electron chi connectivity index (χ4n) is 4.28. The predicted molar refractivity (Wildman–Crippen MR) is 131 cm³/mol. The summed E-state index contributed by atoms with van der Waals surface area (Å²) in [6.45, 7) is 12.4. The number of rotatable bonds is 12. The van der Waals surface area contributed by atoms with Gasteiger partial charge >= 0.3 is 5.97 Å². The van der Waals surface area contributed by atoms with Crippen LogP contribution in [0.3, 0.4) is 0 Å². The summed E-state index contributed by atoms with van der Waals surface area (Å²) in [6.07, 6.45) is 2.92. The Hall–Kier alpha value is -3.50. The minimum Gasteiger partial charge on any atom is -0.481 e. The van der Waals surface area contributed by atoms with Crippen LogP contribution in [0.15, 0.2) is 42.6 Å². The molecule has 2 aromatic heterocycles. The lowest BCUT2D eigenvalue weighted by atomic mass is 9.95. The second-order valence-corrected chi connectivity index (χ2v) is 8.88. The molecular formula is C27H31N3O4. The van der Waals surface area contributed by atoms with E-state index in [1.807, 2.05) is 29.8 Å². The number of fused-ring (bicyclic) bond motifs is 1. The van der Waals surface area contributed by atoms with Gasteiger partial charge in [0.25, 0.3) is 0 Å². The maximum absolute atomic E-state index is 13.3. The molecule has 0 fully saturated rings. The molecule has 3 rings (SSSR count). The van der Waals surface area contributed by atoms with Gasteiger partial charge in [-0.25, -0.2) is 9.83 Å². The molecule has 0 aliphatic rings. The molecule has 0 spiro atoms. The number of nitrogens with zero attached hydrogens (tertiary/aromatic N) is 3. The van der Waals surface area contributed by atoms with E-state index in [-0.39, 0.29) is 24.5 Å². The highest BCUT2D eigenvalue weighted by atomic mass is 16.5. The Morgan fingerprint density at radius 1 is 1.21 bits per heavy atom. The van der Waals surface area contributed by atoms with Crippen molar-refractivity contribution in [2.75, 3.05) is 13.2 Å². The van der Waals surface area contributed by atoms with Crippen LogP contribution in [0.1, 0.15) is 60.6 Å². The van der Waals surface area contributed by atoms with Gasteiger partial charge in [-0.05, 0) is 30.4 Å². The number of benzene rings is 1. The summed E-state index contributed by atoms with van der Waals surface area (Å²) in [4.78, 5) is 32.2. The van der Waals surface area contributed by atoms with E-state index < -0.39 is 5.97 Å². The number of carbonyl (C=O) groups is 2. The van der Waals surface area contributed by atoms with Crippen molar-refractivity contribution in [3.8, 4) is 0 Å². The van der Waals surface area contributed by atoms with Crippen LogP contribution in [-0.2, 0) is 23.0 Å². The standard InChI is InChI=1S/C27H31N3O4/c1-18(14-25(32)33)13-24(31)26-22-15-21(28-3)16-29-27(22)30(4)23(26)11-8-12-34-17-19(2)20-9-6-5-7-10-20/h5-7,9-10,15-16,18-19H,8,11-14,17H2,1-2,4H3,(H,32,33)/t18-,19-/m1/s1. The van der Waals surface area contributed by atoms with Gasteiger partial charge in [0.05, 0.1) is 13.2 Å². The molecular weight excluding hydrogens is 430 g/mol. The first-order chi connectivity index (χ1) is 16.3. The Morgan fingerprint density at radius 2 is 1.94 bits per heavy atom. The zero-order chi connectivity index (χ0) is 24.7. The summed E-state index contributed by atoms with van der Waals surface area (Å²) >= 11 is 0. The van der Waals surface area contributed by atoms with E-state index in [2.05, 4.69) is 28.9 Å². The number of Topliss-reactive ketones (excluding diaryl/α,β-unsaturated/α-hetero) is 1. The zero-order valence-corrected chi connectivity index (χ0v) is 20.0. The Morgan fingerprint density at radius 3 is 2.62 bits per heavy atom. The fourth-order valence-corrected chi connectivity index (χ4v) is 4.28. The van der Waals surface area contributed by atoms with Crippen molar-refractivity contribution in [1.82, 2.24) is 9.55 Å². The van der Waals surface area contributed by atoms with Gasteiger partial charge in [0.2, 0.25) is 5.69 Å². The van der Waals surface area contributed by atoms with Gasteiger partial charge in [-0.15, -0.1) is 0 Å². The molecule has 0 saturated heterocycles. The van der Waals surface area contributed by atoms with Crippen LogP contribution in [0.4, 0.5) is 5.69 Å². The lowest BCUT2D eigenvalue weighted by molar-refractivity contribution is -0.137. The van der Waals surface area contributed by atoms with Gasteiger partial charge in [0.1, 0.15) is 5.65 Å². The molecule has 0 radical (unpaired) electrons. The van der Waals surface area contributed by atoms with Crippen LogP contribution >= 0.6 is 0 Å². The van der Waals surface area contributed by atoms with E-state index in [4.69, 9.17) is 16.4 Å². The third kappa shape index (κ3) is 6.09. The Labute approximate surface area is 200 Å². The van der Waals surface area contributed by atoms with Crippen LogP contribution in [0.25, 0.3) is 15.9 Å². The number of hydrogen-bond donors (Lipinski definition) is 1. The lowest BCUT2D eigenvalue weighted by Gasteiger charge is -2.13. The molecule has 0 aliphatic heterocycles. The number of pyridine rings is 1. The van der Waals surface area contributed by atoms with E-state index >= 15 is 0 Å². The topological polar surface area (TPSA) is 85.8 Å². The van der Waals surface area contributed by atoms with Crippen molar-refractivity contribution in [2.45, 2.75) is 45.4 Å². The number of carboxylic acid groups (broad SMARTS) is 1. The molecule has 0 bridgehead atoms. The maximum atomic E-state index is 13.3. The van der Waals surface area contributed by atoms with Crippen molar-refractivity contribution < 1.29 is 19.4 Å². The molecule has 178 valence electrons. The van der Waals surface area contributed by atoms with Crippen molar-refractivity contribution in [1.29, 1.82) is 0 Å². The molecule has 2 heterocycles. The zero-order valence-electron chi connectivity index (χ0n) is 20.0. The van der Waals surface area contributed by atoms with Gasteiger partial charge < -0.3 is 14.4 Å². The largest absolute Gasteiger partial charge is 0.481 e. The monoisotopic (exact) mass is 461 g/mol. The van der Waals surface area contributed by atoms with Gasteiger partial charge in [-0.1, -0.05) is 44.2 Å². The number of hydrogen-bond acceptors (Lipinski definition) is 4. The average Bonchev–Trinajstić information content (AvgIpc) is 3.09. The Kier molecular flexibility index (Phi) is 8.55. The minimum atomic E-state index is -0.919. The summed E-state index contributed by atoms with van der Waals surface area (Å²) in [6, 6.07) is 11.9. The van der Waals surface area contributed by atoms with Crippen LogP contribution in [-0.4, -0.2) is 39.6 Å². The van der Waals surface area contributed by atoms with Crippen molar-refractivity contribution in [3.63, 3.8) is 0 Å². The average molecular weight is 462 g/mol. The third-order valence-electron chi connectivity index (χ3n) is 6.04. The van der Waals surface area contributed by atoms with Crippen LogP contribution in [0, 0.1) is 12.5 Å². The quantitative estimate of drug-likeness (QED) is 0.217. The van der Waals surface area contributed by atoms with Crippen molar-refractivity contribution in [3.05, 3.63) is 70.8 Å². The maximum Gasteiger partial charge on any atom is 0.303 e. The number of carbonyl (C=O) groups excluding carboxylic acids is 1. The second kappa shape index (κ2) is 11.6. The highest BCUT2D eigenvalue weighted by Gasteiger charge is 2.24. The molecule has 3 aromatic rings. The summed E-state index contributed by atoms with van der Waals surface area (Å²) in [7, 11) is 1.87. The summed E-state index contributed by atoms with van der Waals surface area (Å²) in [5.41, 5.74) is 3.65. The van der Waals surface area contributed by atoms with Crippen LogP contribution in [0.2, 0.25) is 0 Å². The first kappa shape index (κ1) is 25.1. The molecule has 0 unspecified atom stereocenters. The van der Waals surface area contributed by atoms with E-state index in [0.29, 0.717) is 47.8 Å². The number of ether oxygens (including phenoxy) is 1. The van der Waals surface area contributed by atoms with Gasteiger partial charge in [0.15, 0.2) is 5.78 Å². The fraction of sp³-hybridized carbons (Fsp3) is 0.407. The molecule has 0 amide bonds. The number of aromatic nitrogens is 2. The molecule has 1 N–H and O–H groups in total. The van der Waals surface area contributed by atoms with E-state index in [9.17, 15) is 9.59 Å². The lowest BCUT2D eigenvalue weighted by Crippen LogP contribution is -2.13. The Balaban J connectivity index is 1.74. The number of ketones is 1. The van der Waals surface area contributed by atoms with Gasteiger partial charge in [0, 0.05) is 55.3 Å². The van der Waals surface area contributed by atoms with E-state index in [0.717, 1.165) is 12.1 Å². The van der Waals surface area contributed by atoms with Crippen LogP contribution < -0.4 is 0 Å². The van der Waals surface area contributed by atoms with Gasteiger partial charge in [-0.2, -0.15) is 0 Å². The summed E-state index contributed by atoms with van der Waals surface area (Å²) < 4.78 is 7.82. The molecule has 0 saturated carbocycles. The van der Waals surface area contributed by atoms with E-state index in [1.54, 1.807) is 13.0 Å². The molecule has 0 aliphatic carbocycles.